The molecule has 1 aromatic rings. The molecule has 0 spiro atoms. The predicted molar refractivity (Wildman–Crippen MR) is 80.8 cm³/mol. The highest BCUT2D eigenvalue weighted by molar-refractivity contribution is 7.91. The van der Waals surface area contributed by atoms with Gasteiger partial charge in [-0.3, -0.25) is 0 Å². The van der Waals surface area contributed by atoms with Crippen molar-refractivity contribution < 1.29 is 13.6 Å². The maximum Gasteiger partial charge on any atom is 0.252 e. The van der Waals surface area contributed by atoms with Gasteiger partial charge in [-0.2, -0.15) is 4.31 Å². The van der Waals surface area contributed by atoms with Gasteiger partial charge in [-0.1, -0.05) is 12.1 Å². The Bertz CT molecular complexity index is 564. The molecule has 0 saturated carbocycles. The molecule has 20 heavy (non-hydrogen) atoms. The van der Waals surface area contributed by atoms with Crippen LogP contribution in [-0.2, 0) is 16.4 Å². The second-order valence-corrected chi connectivity index (χ2v) is 7.91. The van der Waals surface area contributed by atoms with E-state index in [1.807, 2.05) is 13.0 Å². The fourth-order valence-electron chi connectivity index (χ4n) is 1.73. The highest BCUT2D eigenvalue weighted by Gasteiger charge is 2.28. The molecule has 1 heterocycles. The molecule has 0 aliphatic heterocycles. The van der Waals surface area contributed by atoms with Gasteiger partial charge in [0.2, 0.25) is 0 Å². The lowest BCUT2D eigenvalue weighted by Gasteiger charge is -2.24. The van der Waals surface area contributed by atoms with E-state index in [0.29, 0.717) is 4.21 Å². The molecule has 8 heteroatoms. The molecular weight excluding hydrogens is 298 g/mol. The highest BCUT2D eigenvalue weighted by atomic mass is 32.2. The van der Waals surface area contributed by atoms with E-state index in [9.17, 15) is 8.42 Å². The zero-order chi connectivity index (χ0) is 15.3. The average molecular weight is 319 g/mol. The molecule has 0 radical (unpaired) electrons. The van der Waals surface area contributed by atoms with Crippen molar-refractivity contribution in [3.63, 3.8) is 0 Å². The fraction of sp³-hybridized carbons (Fsp3) is 0.583. The number of hydrogen-bond donors (Lipinski definition) is 2. The Morgan fingerprint density at radius 1 is 1.50 bits per heavy atom. The van der Waals surface area contributed by atoms with Crippen molar-refractivity contribution in [1.29, 1.82) is 0 Å². The van der Waals surface area contributed by atoms with Gasteiger partial charge in [0.05, 0.1) is 0 Å². The van der Waals surface area contributed by atoms with E-state index in [1.54, 1.807) is 19.9 Å². The van der Waals surface area contributed by atoms with Crippen LogP contribution in [0.3, 0.4) is 0 Å². The van der Waals surface area contributed by atoms with Crippen LogP contribution in [0.15, 0.2) is 21.5 Å². The van der Waals surface area contributed by atoms with Crippen LogP contribution in [0.25, 0.3) is 0 Å². The monoisotopic (exact) mass is 319 g/mol. The third-order valence-electron chi connectivity index (χ3n) is 2.84. The number of sulfonamides is 1. The lowest BCUT2D eigenvalue weighted by molar-refractivity contribution is 0.313. The average Bonchev–Trinajstić information content (AvgIpc) is 2.87. The van der Waals surface area contributed by atoms with Crippen molar-refractivity contribution in [3.05, 3.63) is 17.0 Å². The van der Waals surface area contributed by atoms with Crippen LogP contribution in [0.5, 0.6) is 0 Å². The van der Waals surface area contributed by atoms with Crippen LogP contribution in [0, 0.1) is 0 Å². The summed E-state index contributed by atoms with van der Waals surface area (Å²) < 4.78 is 26.9. The molecule has 0 atom stereocenters. The van der Waals surface area contributed by atoms with E-state index >= 15 is 0 Å². The maximum atomic E-state index is 12.6. The zero-order valence-corrected chi connectivity index (χ0v) is 13.5. The first-order valence-corrected chi connectivity index (χ1v) is 8.65. The molecule has 3 N–H and O–H groups in total. The van der Waals surface area contributed by atoms with Crippen molar-refractivity contribution in [2.75, 3.05) is 6.54 Å². The van der Waals surface area contributed by atoms with Gasteiger partial charge in [0.1, 0.15) is 10.0 Å². The third-order valence-corrected chi connectivity index (χ3v) is 6.61. The first-order valence-electron chi connectivity index (χ1n) is 6.39. The van der Waals surface area contributed by atoms with Crippen LogP contribution in [0.1, 0.15) is 32.1 Å². The van der Waals surface area contributed by atoms with Crippen LogP contribution >= 0.6 is 11.3 Å². The topological polar surface area (TPSA) is 96.0 Å². The molecule has 6 nitrogen and oxygen atoms in total. The Labute approximate surface area is 123 Å². The first kappa shape index (κ1) is 16.9. The van der Waals surface area contributed by atoms with Gasteiger partial charge in [0.25, 0.3) is 10.0 Å². The Balaban J connectivity index is 3.00. The quantitative estimate of drug-likeness (QED) is 0.347. The number of thiophene rings is 1. The second kappa shape index (κ2) is 7.05. The van der Waals surface area contributed by atoms with E-state index in [2.05, 4.69) is 5.16 Å². The molecule has 0 saturated heterocycles. The molecule has 0 aromatic carbocycles. The van der Waals surface area contributed by atoms with Gasteiger partial charge in [-0.15, -0.1) is 11.3 Å². The van der Waals surface area contributed by atoms with Gasteiger partial charge >= 0.3 is 0 Å². The number of nitrogens with zero attached hydrogens (tertiary/aromatic N) is 2. The molecular formula is C12H21N3O3S2. The predicted octanol–water partition coefficient (Wildman–Crippen LogP) is 1.85. The maximum absolute atomic E-state index is 12.6. The minimum Gasteiger partial charge on any atom is -0.409 e. The summed E-state index contributed by atoms with van der Waals surface area (Å²) in [7, 11) is -3.53. The Hall–Kier alpha value is -1.12. The van der Waals surface area contributed by atoms with Crippen LogP contribution in [0.4, 0.5) is 0 Å². The number of aryl methyl sites for hydroxylation is 1. The highest BCUT2D eigenvalue weighted by Crippen LogP contribution is 2.26. The van der Waals surface area contributed by atoms with Crippen LogP contribution in [-0.4, -0.2) is 36.4 Å². The summed E-state index contributed by atoms with van der Waals surface area (Å²) in [6.07, 6.45) is 1.01. The standard InChI is InChI=1S/C12H21N3O3S2/c1-4-10-5-6-12(19-10)20(17,18)15(9(2)3)8-7-11(13)14-16/h5-6,9,16H,4,7-8H2,1-3H3,(H2,13,14). The lowest BCUT2D eigenvalue weighted by Crippen LogP contribution is -2.38. The van der Waals surface area contributed by atoms with E-state index < -0.39 is 10.0 Å². The SMILES string of the molecule is CCc1ccc(S(=O)(=O)N(CCC(N)=NO)C(C)C)s1. The minimum atomic E-state index is -3.53. The molecule has 1 aromatic heterocycles. The molecule has 114 valence electrons. The first-order chi connectivity index (χ1) is 9.32. The van der Waals surface area contributed by atoms with Gasteiger partial charge in [-0.25, -0.2) is 8.42 Å². The van der Waals surface area contributed by atoms with Crippen molar-refractivity contribution >= 4 is 27.2 Å². The normalized spacial score (nSPS) is 13.3. The van der Waals surface area contributed by atoms with Gasteiger partial charge in [0.15, 0.2) is 0 Å². The summed E-state index contributed by atoms with van der Waals surface area (Å²) in [4.78, 5) is 1.03. The Kier molecular flexibility index (Phi) is 5.97. The Morgan fingerprint density at radius 3 is 2.60 bits per heavy atom. The number of hydrogen-bond acceptors (Lipinski definition) is 5. The summed E-state index contributed by atoms with van der Waals surface area (Å²) in [5, 5.41) is 11.4. The third kappa shape index (κ3) is 3.94. The van der Waals surface area contributed by atoms with Crippen LogP contribution < -0.4 is 5.73 Å². The molecule has 0 unspecified atom stereocenters. The molecule has 0 amide bonds. The molecule has 0 bridgehead atoms. The summed E-state index contributed by atoms with van der Waals surface area (Å²) >= 11 is 1.29. The van der Waals surface area contributed by atoms with Gasteiger partial charge in [-0.05, 0) is 32.4 Å². The van der Waals surface area contributed by atoms with Gasteiger partial charge < -0.3 is 10.9 Å². The van der Waals surface area contributed by atoms with Crippen LogP contribution in [0.2, 0.25) is 0 Å². The number of rotatable bonds is 7. The van der Waals surface area contributed by atoms with Gasteiger partial charge in [0, 0.05) is 23.9 Å². The number of oxime groups is 1. The number of nitrogens with two attached hydrogens (primary N) is 1. The van der Waals surface area contributed by atoms with Crippen molar-refractivity contribution in [2.45, 2.75) is 43.9 Å². The zero-order valence-electron chi connectivity index (χ0n) is 11.9. The molecule has 0 aliphatic carbocycles. The number of amidine groups is 1. The van der Waals surface area contributed by atoms with E-state index in [0.717, 1.165) is 11.3 Å². The largest absolute Gasteiger partial charge is 0.409 e. The summed E-state index contributed by atoms with van der Waals surface area (Å²) in [6.45, 7) is 5.78. The summed E-state index contributed by atoms with van der Waals surface area (Å²) in [6, 6.07) is 3.27. The smallest absolute Gasteiger partial charge is 0.252 e. The van der Waals surface area contributed by atoms with E-state index in [-0.39, 0.29) is 24.8 Å². The minimum absolute atomic E-state index is 0.0197. The van der Waals surface area contributed by atoms with Crippen molar-refractivity contribution in [2.24, 2.45) is 10.9 Å². The molecule has 0 aliphatic rings. The summed E-state index contributed by atoms with van der Waals surface area (Å²) in [5.74, 6) is 0.0197. The summed E-state index contributed by atoms with van der Waals surface area (Å²) in [5.41, 5.74) is 5.41. The fourth-order valence-corrected chi connectivity index (χ4v) is 4.80. The lowest BCUT2D eigenvalue weighted by atomic mass is 10.3. The van der Waals surface area contributed by atoms with Crippen molar-refractivity contribution in [3.8, 4) is 0 Å². The van der Waals surface area contributed by atoms with E-state index in [1.165, 1.54) is 15.6 Å². The molecule has 1 rings (SSSR count). The molecule has 0 fully saturated rings. The Morgan fingerprint density at radius 2 is 2.15 bits per heavy atom. The second-order valence-electron chi connectivity index (χ2n) is 4.63. The van der Waals surface area contributed by atoms with E-state index in [4.69, 9.17) is 10.9 Å². The van der Waals surface area contributed by atoms with Crippen molar-refractivity contribution in [1.82, 2.24) is 4.31 Å².